The van der Waals surface area contributed by atoms with Crippen LogP contribution in [0.15, 0.2) is 11.6 Å². The molecule has 1 fully saturated rings. The quantitative estimate of drug-likeness (QED) is 0.515. The predicted molar refractivity (Wildman–Crippen MR) is 53.0 cm³/mol. The highest BCUT2D eigenvalue weighted by atomic mass is 16.1. The van der Waals surface area contributed by atoms with E-state index in [1.54, 1.807) is 6.08 Å². The van der Waals surface area contributed by atoms with Gasteiger partial charge in [-0.2, -0.15) is 0 Å². The van der Waals surface area contributed by atoms with Gasteiger partial charge in [-0.3, -0.25) is 4.79 Å². The minimum atomic E-state index is -0.121. The Kier molecular flexibility index (Phi) is 3.57. The number of carbonyl (C=O) groups is 1. The molecule has 0 spiro atoms. The molecule has 70 valence electrons. The summed E-state index contributed by atoms with van der Waals surface area (Å²) in [6, 6.07) is -0.121. The fourth-order valence-corrected chi connectivity index (χ4v) is 1.19. The van der Waals surface area contributed by atoms with E-state index in [0.717, 1.165) is 19.3 Å². The smallest absolute Gasteiger partial charge is 0.244 e. The lowest BCUT2D eigenvalue weighted by Gasteiger charge is -2.16. The fourth-order valence-electron chi connectivity index (χ4n) is 1.19. The van der Waals surface area contributed by atoms with Gasteiger partial charge in [-0.1, -0.05) is 18.4 Å². The van der Waals surface area contributed by atoms with Gasteiger partial charge >= 0.3 is 0 Å². The lowest BCUT2D eigenvalue weighted by atomic mass is 9.92. The predicted octanol–water partition coefficient (Wildman–Crippen LogP) is 1.62. The van der Waals surface area contributed by atoms with Crippen LogP contribution in [0.3, 0.4) is 0 Å². The Morgan fingerprint density at radius 2 is 2.46 bits per heavy atom. The average molecular weight is 177 g/mol. The van der Waals surface area contributed by atoms with Gasteiger partial charge in [0, 0.05) is 6.08 Å². The molecule has 1 rings (SSSR count). The Morgan fingerprint density at radius 3 is 2.85 bits per heavy atom. The number of nitrogens with one attached hydrogen (secondary N) is 1. The Bertz CT molecular complexity index is 254. The summed E-state index contributed by atoms with van der Waals surface area (Å²) in [5, 5.41) is 2.76. The average Bonchev–Trinajstić information content (AvgIpc) is 2.07. The summed E-state index contributed by atoms with van der Waals surface area (Å²) in [6.45, 7) is 1.96. The first-order valence-corrected chi connectivity index (χ1v) is 4.72. The Balaban J connectivity index is 2.36. The second-order valence-electron chi connectivity index (χ2n) is 3.29. The van der Waals surface area contributed by atoms with Crippen LogP contribution in [0.2, 0.25) is 0 Å². The maximum atomic E-state index is 11.3. The van der Waals surface area contributed by atoms with Crippen LogP contribution in [0, 0.1) is 12.3 Å². The van der Waals surface area contributed by atoms with Crippen molar-refractivity contribution in [1.82, 2.24) is 5.32 Å². The van der Waals surface area contributed by atoms with Crippen molar-refractivity contribution in [2.24, 2.45) is 0 Å². The molecule has 1 unspecified atom stereocenters. The van der Waals surface area contributed by atoms with Gasteiger partial charge in [0.1, 0.15) is 0 Å². The molecule has 0 aromatic heterocycles. The molecule has 0 aromatic carbocycles. The van der Waals surface area contributed by atoms with Crippen LogP contribution in [-0.2, 0) is 4.79 Å². The van der Waals surface area contributed by atoms with Crippen LogP contribution in [-0.4, -0.2) is 11.9 Å². The van der Waals surface area contributed by atoms with Crippen molar-refractivity contribution >= 4 is 5.91 Å². The first-order valence-electron chi connectivity index (χ1n) is 4.72. The number of amides is 1. The molecular formula is C11H15NO. The van der Waals surface area contributed by atoms with E-state index >= 15 is 0 Å². The van der Waals surface area contributed by atoms with Gasteiger partial charge < -0.3 is 5.32 Å². The van der Waals surface area contributed by atoms with Crippen molar-refractivity contribution in [3.63, 3.8) is 0 Å². The van der Waals surface area contributed by atoms with Crippen LogP contribution in [0.4, 0.5) is 0 Å². The second-order valence-corrected chi connectivity index (χ2v) is 3.29. The standard InChI is InChI=1S/C11H15NO/c1-3-10(4-2)12-11(13)8-9-6-5-7-9/h1,8,10H,4-7H2,2H3,(H,12,13). The summed E-state index contributed by atoms with van der Waals surface area (Å²) < 4.78 is 0. The Hall–Kier alpha value is -1.23. The van der Waals surface area contributed by atoms with Gasteiger partial charge in [-0.25, -0.2) is 0 Å². The summed E-state index contributed by atoms with van der Waals surface area (Å²) in [6.07, 6.45) is 11.0. The Labute approximate surface area is 79.4 Å². The van der Waals surface area contributed by atoms with Gasteiger partial charge in [0.25, 0.3) is 0 Å². The van der Waals surface area contributed by atoms with E-state index in [4.69, 9.17) is 6.42 Å². The molecule has 0 bridgehead atoms. The molecule has 13 heavy (non-hydrogen) atoms. The zero-order valence-corrected chi connectivity index (χ0v) is 7.97. The summed E-state index contributed by atoms with van der Waals surface area (Å²) in [4.78, 5) is 11.3. The number of carbonyl (C=O) groups excluding carboxylic acids is 1. The monoisotopic (exact) mass is 177 g/mol. The molecule has 1 amide bonds. The third-order valence-electron chi connectivity index (χ3n) is 2.26. The maximum absolute atomic E-state index is 11.3. The van der Waals surface area contributed by atoms with Gasteiger partial charge in [0.2, 0.25) is 5.91 Å². The minimum Gasteiger partial charge on any atom is -0.339 e. The third-order valence-corrected chi connectivity index (χ3v) is 2.26. The van der Waals surface area contributed by atoms with Crippen LogP contribution < -0.4 is 5.32 Å². The number of hydrogen-bond acceptors (Lipinski definition) is 1. The van der Waals surface area contributed by atoms with Crippen molar-refractivity contribution in [1.29, 1.82) is 0 Å². The van der Waals surface area contributed by atoms with Crippen LogP contribution in [0.25, 0.3) is 0 Å². The molecule has 1 aliphatic rings. The normalized spacial score (nSPS) is 16.8. The van der Waals surface area contributed by atoms with E-state index in [1.807, 2.05) is 6.92 Å². The van der Waals surface area contributed by atoms with Crippen LogP contribution in [0.5, 0.6) is 0 Å². The van der Waals surface area contributed by atoms with E-state index in [0.29, 0.717) is 0 Å². The lowest BCUT2D eigenvalue weighted by Crippen LogP contribution is -2.32. The van der Waals surface area contributed by atoms with Crippen molar-refractivity contribution in [2.45, 2.75) is 38.6 Å². The third kappa shape index (κ3) is 2.95. The molecule has 1 saturated carbocycles. The summed E-state index contributed by atoms with van der Waals surface area (Å²) in [5.74, 6) is 2.49. The highest BCUT2D eigenvalue weighted by Gasteiger charge is 2.11. The molecule has 0 aliphatic heterocycles. The fraction of sp³-hybridized carbons (Fsp3) is 0.545. The van der Waals surface area contributed by atoms with Crippen molar-refractivity contribution < 1.29 is 4.79 Å². The minimum absolute atomic E-state index is 0.0421. The van der Waals surface area contributed by atoms with Crippen molar-refractivity contribution in [2.75, 3.05) is 0 Å². The number of rotatable bonds is 3. The number of hydrogen-bond donors (Lipinski definition) is 1. The van der Waals surface area contributed by atoms with Crippen LogP contribution in [0.1, 0.15) is 32.6 Å². The second kappa shape index (κ2) is 4.71. The maximum Gasteiger partial charge on any atom is 0.244 e. The van der Waals surface area contributed by atoms with Gasteiger partial charge in [0.15, 0.2) is 0 Å². The van der Waals surface area contributed by atoms with E-state index < -0.39 is 0 Å². The molecule has 0 heterocycles. The topological polar surface area (TPSA) is 29.1 Å². The van der Waals surface area contributed by atoms with E-state index in [9.17, 15) is 4.79 Å². The number of terminal acetylenes is 1. The summed E-state index contributed by atoms with van der Waals surface area (Å²) in [5.41, 5.74) is 1.24. The van der Waals surface area contributed by atoms with Gasteiger partial charge in [0.05, 0.1) is 6.04 Å². The van der Waals surface area contributed by atoms with E-state index in [2.05, 4.69) is 11.2 Å². The summed E-state index contributed by atoms with van der Waals surface area (Å²) >= 11 is 0. The molecule has 1 atom stereocenters. The van der Waals surface area contributed by atoms with E-state index in [-0.39, 0.29) is 11.9 Å². The molecule has 1 aliphatic carbocycles. The van der Waals surface area contributed by atoms with Crippen LogP contribution >= 0.6 is 0 Å². The first-order chi connectivity index (χ1) is 6.26. The van der Waals surface area contributed by atoms with Crippen molar-refractivity contribution in [3.05, 3.63) is 11.6 Å². The van der Waals surface area contributed by atoms with Gasteiger partial charge in [-0.15, -0.1) is 6.42 Å². The SMILES string of the molecule is C#CC(CC)NC(=O)C=C1CCC1. The van der Waals surface area contributed by atoms with Gasteiger partial charge in [-0.05, 0) is 25.7 Å². The molecule has 0 radical (unpaired) electrons. The molecular weight excluding hydrogens is 162 g/mol. The largest absolute Gasteiger partial charge is 0.339 e. The first kappa shape index (κ1) is 9.85. The number of allylic oxidation sites excluding steroid dienone is 1. The van der Waals surface area contributed by atoms with E-state index in [1.165, 1.54) is 12.0 Å². The molecule has 2 heteroatoms. The molecule has 0 aromatic rings. The Morgan fingerprint density at radius 1 is 1.77 bits per heavy atom. The highest BCUT2D eigenvalue weighted by molar-refractivity contribution is 5.88. The molecule has 2 nitrogen and oxygen atoms in total. The van der Waals surface area contributed by atoms with Crippen molar-refractivity contribution in [3.8, 4) is 12.3 Å². The zero-order valence-electron chi connectivity index (χ0n) is 7.97. The lowest BCUT2D eigenvalue weighted by molar-refractivity contribution is -0.116. The molecule has 1 N–H and O–H groups in total. The highest BCUT2D eigenvalue weighted by Crippen LogP contribution is 2.24. The molecule has 0 saturated heterocycles. The summed E-state index contributed by atoms with van der Waals surface area (Å²) in [7, 11) is 0. The zero-order chi connectivity index (χ0) is 9.68.